The number of rotatable bonds is 8. The normalized spacial score (nSPS) is 23.6. The molecule has 1 amide bonds. The van der Waals surface area contributed by atoms with Gasteiger partial charge in [0.25, 0.3) is 0 Å². The van der Waals surface area contributed by atoms with Gasteiger partial charge in [0.05, 0.1) is 39.0 Å². The van der Waals surface area contributed by atoms with E-state index in [1.807, 2.05) is 6.92 Å². The largest absolute Gasteiger partial charge is 0.394 e. The lowest BCUT2D eigenvalue weighted by molar-refractivity contribution is -0.129. The molecule has 0 aromatic carbocycles. The number of aliphatic hydroxyl groups is 3. The van der Waals surface area contributed by atoms with E-state index in [9.17, 15) is 20.1 Å². The fourth-order valence-corrected chi connectivity index (χ4v) is 1.97. The first kappa shape index (κ1) is 16.3. The van der Waals surface area contributed by atoms with E-state index in [-0.39, 0.29) is 17.9 Å². The number of nitrogens with one attached hydrogen (secondary N) is 2. The van der Waals surface area contributed by atoms with Gasteiger partial charge >= 0.3 is 0 Å². The van der Waals surface area contributed by atoms with Gasteiger partial charge < -0.3 is 30.7 Å². The second kappa shape index (κ2) is 7.76. The summed E-state index contributed by atoms with van der Waals surface area (Å²) < 4.78 is 5.29. The molecule has 1 rings (SSSR count). The van der Waals surface area contributed by atoms with Crippen molar-refractivity contribution >= 4 is 5.91 Å². The van der Waals surface area contributed by atoms with E-state index >= 15 is 0 Å². The molecule has 2 atom stereocenters. The number of ether oxygens (including phenoxy) is 1. The van der Waals surface area contributed by atoms with Gasteiger partial charge in [-0.1, -0.05) is 6.92 Å². The SMILES string of the molecule is CCCNC1COCC1C(=O)NC(CO)(CO)CO. The zero-order chi connectivity index (χ0) is 14.3. The average Bonchev–Trinajstić information content (AvgIpc) is 2.91. The summed E-state index contributed by atoms with van der Waals surface area (Å²) in [5, 5.41) is 33.3. The van der Waals surface area contributed by atoms with Crippen molar-refractivity contribution in [2.24, 2.45) is 5.92 Å². The molecule has 1 saturated heterocycles. The van der Waals surface area contributed by atoms with Gasteiger partial charge in [-0.25, -0.2) is 0 Å². The monoisotopic (exact) mass is 276 g/mol. The predicted octanol–water partition coefficient (Wildman–Crippen LogP) is -2.17. The summed E-state index contributed by atoms with van der Waals surface area (Å²) >= 11 is 0. The molecule has 0 bridgehead atoms. The van der Waals surface area contributed by atoms with Crippen LogP contribution in [0.4, 0.5) is 0 Å². The molecule has 1 aliphatic rings. The summed E-state index contributed by atoms with van der Waals surface area (Å²) in [4.78, 5) is 12.1. The van der Waals surface area contributed by atoms with E-state index < -0.39 is 25.4 Å². The van der Waals surface area contributed by atoms with Gasteiger partial charge in [-0.05, 0) is 13.0 Å². The lowest BCUT2D eigenvalue weighted by atomic mass is 9.98. The van der Waals surface area contributed by atoms with Gasteiger partial charge in [0.2, 0.25) is 5.91 Å². The Kier molecular flexibility index (Phi) is 6.67. The van der Waals surface area contributed by atoms with Crippen molar-refractivity contribution in [2.45, 2.75) is 24.9 Å². The van der Waals surface area contributed by atoms with Gasteiger partial charge in [-0.3, -0.25) is 4.79 Å². The summed E-state index contributed by atoms with van der Waals surface area (Å²) in [5.74, 6) is -0.709. The quantitative estimate of drug-likeness (QED) is 0.345. The van der Waals surface area contributed by atoms with Crippen molar-refractivity contribution in [2.75, 3.05) is 39.6 Å². The highest BCUT2D eigenvalue weighted by molar-refractivity contribution is 5.80. The van der Waals surface area contributed by atoms with Crippen LogP contribution in [0.3, 0.4) is 0 Å². The summed E-state index contributed by atoms with van der Waals surface area (Å²) in [7, 11) is 0. The minimum Gasteiger partial charge on any atom is -0.394 e. The third-order valence-electron chi connectivity index (χ3n) is 3.37. The van der Waals surface area contributed by atoms with E-state index in [0.717, 1.165) is 13.0 Å². The fourth-order valence-electron chi connectivity index (χ4n) is 1.97. The number of carbonyl (C=O) groups is 1. The highest BCUT2D eigenvalue weighted by atomic mass is 16.5. The number of hydrogen-bond donors (Lipinski definition) is 5. The first-order valence-corrected chi connectivity index (χ1v) is 6.58. The van der Waals surface area contributed by atoms with Crippen molar-refractivity contribution in [3.63, 3.8) is 0 Å². The Balaban J connectivity index is 2.60. The van der Waals surface area contributed by atoms with Crippen molar-refractivity contribution in [3.05, 3.63) is 0 Å². The Morgan fingerprint density at radius 1 is 1.26 bits per heavy atom. The van der Waals surface area contributed by atoms with Crippen LogP contribution in [0.5, 0.6) is 0 Å². The molecule has 2 unspecified atom stereocenters. The fraction of sp³-hybridized carbons (Fsp3) is 0.917. The third-order valence-corrected chi connectivity index (χ3v) is 3.37. The van der Waals surface area contributed by atoms with Crippen LogP contribution in [0.25, 0.3) is 0 Å². The van der Waals surface area contributed by atoms with Crippen LogP contribution in [0.2, 0.25) is 0 Å². The predicted molar refractivity (Wildman–Crippen MR) is 68.5 cm³/mol. The zero-order valence-electron chi connectivity index (χ0n) is 11.3. The first-order chi connectivity index (χ1) is 9.12. The molecule has 1 heterocycles. The van der Waals surface area contributed by atoms with Crippen molar-refractivity contribution in [1.29, 1.82) is 0 Å². The zero-order valence-corrected chi connectivity index (χ0v) is 11.3. The second-order valence-electron chi connectivity index (χ2n) is 4.95. The number of amides is 1. The first-order valence-electron chi connectivity index (χ1n) is 6.58. The van der Waals surface area contributed by atoms with E-state index in [1.54, 1.807) is 0 Å². The highest BCUT2D eigenvalue weighted by Crippen LogP contribution is 2.15. The van der Waals surface area contributed by atoms with Gasteiger partial charge in [-0.15, -0.1) is 0 Å². The molecule has 7 heteroatoms. The van der Waals surface area contributed by atoms with Crippen molar-refractivity contribution < 1.29 is 24.9 Å². The van der Waals surface area contributed by atoms with Gasteiger partial charge in [0.1, 0.15) is 5.54 Å². The number of hydrogen-bond acceptors (Lipinski definition) is 6. The van der Waals surface area contributed by atoms with Crippen LogP contribution in [0, 0.1) is 5.92 Å². The lowest BCUT2D eigenvalue weighted by Gasteiger charge is -2.30. The maximum atomic E-state index is 12.1. The Labute approximate surface area is 113 Å². The number of aliphatic hydroxyl groups excluding tert-OH is 3. The van der Waals surface area contributed by atoms with Crippen LogP contribution in [0.15, 0.2) is 0 Å². The summed E-state index contributed by atoms with van der Waals surface area (Å²) in [6.07, 6.45) is 0.957. The summed E-state index contributed by atoms with van der Waals surface area (Å²) in [6, 6.07) is -0.0753. The van der Waals surface area contributed by atoms with Crippen LogP contribution in [-0.4, -0.2) is 72.4 Å². The van der Waals surface area contributed by atoms with Crippen LogP contribution in [-0.2, 0) is 9.53 Å². The smallest absolute Gasteiger partial charge is 0.227 e. The van der Waals surface area contributed by atoms with Crippen LogP contribution < -0.4 is 10.6 Å². The van der Waals surface area contributed by atoms with E-state index in [0.29, 0.717) is 13.2 Å². The van der Waals surface area contributed by atoms with Crippen LogP contribution >= 0.6 is 0 Å². The maximum Gasteiger partial charge on any atom is 0.227 e. The third kappa shape index (κ3) is 4.12. The molecule has 112 valence electrons. The molecule has 0 saturated carbocycles. The van der Waals surface area contributed by atoms with E-state index in [4.69, 9.17) is 4.74 Å². The van der Waals surface area contributed by atoms with Gasteiger partial charge in [-0.2, -0.15) is 0 Å². The minimum absolute atomic E-state index is 0.0753. The molecule has 5 N–H and O–H groups in total. The molecule has 0 aromatic rings. The Morgan fingerprint density at radius 2 is 1.89 bits per heavy atom. The molecule has 19 heavy (non-hydrogen) atoms. The van der Waals surface area contributed by atoms with Crippen LogP contribution in [0.1, 0.15) is 13.3 Å². The molecule has 1 aliphatic heterocycles. The topological polar surface area (TPSA) is 111 Å². The molecule has 0 aliphatic carbocycles. The Hall–Kier alpha value is -0.730. The average molecular weight is 276 g/mol. The summed E-state index contributed by atoms with van der Waals surface area (Å²) in [6.45, 7) is 2.02. The van der Waals surface area contributed by atoms with E-state index in [1.165, 1.54) is 0 Å². The molecule has 0 aromatic heterocycles. The molecule has 7 nitrogen and oxygen atoms in total. The van der Waals surface area contributed by atoms with Crippen molar-refractivity contribution in [3.8, 4) is 0 Å². The van der Waals surface area contributed by atoms with Crippen molar-refractivity contribution in [1.82, 2.24) is 10.6 Å². The Bertz CT molecular complexity index is 275. The molecular formula is C12H24N2O5. The summed E-state index contributed by atoms with van der Waals surface area (Å²) in [5.41, 5.74) is -1.38. The standard InChI is InChI=1S/C12H24N2O5/c1-2-3-13-10-5-19-4-9(10)11(18)14-12(6-15,7-16)8-17/h9-10,13,15-17H,2-8H2,1H3,(H,14,18). The van der Waals surface area contributed by atoms with Gasteiger partial charge in [0.15, 0.2) is 0 Å². The van der Waals surface area contributed by atoms with Gasteiger partial charge in [0, 0.05) is 6.04 Å². The molecule has 0 radical (unpaired) electrons. The Morgan fingerprint density at radius 3 is 2.42 bits per heavy atom. The molecule has 1 fully saturated rings. The lowest BCUT2D eigenvalue weighted by Crippen LogP contribution is -2.59. The molecule has 0 spiro atoms. The minimum atomic E-state index is -1.38. The second-order valence-corrected chi connectivity index (χ2v) is 4.95. The maximum absolute atomic E-state index is 12.1. The molecular weight excluding hydrogens is 252 g/mol. The highest BCUT2D eigenvalue weighted by Gasteiger charge is 2.38. The number of carbonyl (C=O) groups excluding carboxylic acids is 1. The van der Waals surface area contributed by atoms with E-state index in [2.05, 4.69) is 10.6 Å².